The van der Waals surface area contributed by atoms with E-state index in [1.165, 1.54) is 0 Å². The molecule has 7 nitrogen and oxygen atoms in total. The summed E-state index contributed by atoms with van der Waals surface area (Å²) in [4.78, 5) is 24.9. The van der Waals surface area contributed by atoms with Crippen LogP contribution in [0.4, 0.5) is 5.82 Å². The number of likely N-dealkylation sites (tertiary alicyclic amines) is 1. The van der Waals surface area contributed by atoms with Gasteiger partial charge in [-0.1, -0.05) is 12.1 Å². The molecule has 1 atom stereocenters. The van der Waals surface area contributed by atoms with Gasteiger partial charge in [-0.25, -0.2) is 9.97 Å². The van der Waals surface area contributed by atoms with E-state index in [9.17, 15) is 4.79 Å². The number of amides is 1. The summed E-state index contributed by atoms with van der Waals surface area (Å²) >= 11 is 0. The van der Waals surface area contributed by atoms with E-state index < -0.39 is 0 Å². The maximum atomic E-state index is 12.6. The van der Waals surface area contributed by atoms with E-state index in [1.54, 1.807) is 19.5 Å². The number of carbonyl (C=O) groups is 1. The highest BCUT2D eigenvalue weighted by Gasteiger charge is 2.28. The summed E-state index contributed by atoms with van der Waals surface area (Å²) < 4.78 is 11.2. The molecule has 0 N–H and O–H groups in total. The average molecular weight is 356 g/mol. The molecule has 3 rings (SSSR count). The zero-order chi connectivity index (χ0) is 18.5. The van der Waals surface area contributed by atoms with Crippen LogP contribution >= 0.6 is 0 Å². The fraction of sp³-hybridized carbons (Fsp3) is 0.421. The summed E-state index contributed by atoms with van der Waals surface area (Å²) in [6, 6.07) is 7.60. The number of ether oxygens (including phenoxy) is 2. The van der Waals surface area contributed by atoms with Gasteiger partial charge in [-0.2, -0.15) is 0 Å². The fourth-order valence-corrected chi connectivity index (χ4v) is 2.99. The molecule has 1 aromatic carbocycles. The molecule has 0 bridgehead atoms. The monoisotopic (exact) mass is 356 g/mol. The van der Waals surface area contributed by atoms with Crippen LogP contribution in [0.3, 0.4) is 0 Å². The van der Waals surface area contributed by atoms with Crippen LogP contribution < -0.4 is 14.4 Å². The number of nitrogens with zero attached hydrogens (tertiary/aromatic N) is 4. The third-order valence-electron chi connectivity index (χ3n) is 4.34. The van der Waals surface area contributed by atoms with Crippen LogP contribution in [0.2, 0.25) is 0 Å². The van der Waals surface area contributed by atoms with Crippen molar-refractivity contribution in [3.05, 3.63) is 42.2 Å². The molecule has 26 heavy (non-hydrogen) atoms. The largest absolute Gasteiger partial charge is 0.497 e. The lowest BCUT2D eigenvalue weighted by Crippen LogP contribution is -2.32. The average Bonchev–Trinajstić information content (AvgIpc) is 3.11. The summed E-state index contributed by atoms with van der Waals surface area (Å²) in [6.07, 6.45) is 4.33. The molecule has 0 saturated carbocycles. The van der Waals surface area contributed by atoms with Gasteiger partial charge >= 0.3 is 0 Å². The standard InChI is InChI=1S/C19H24N4O3/c1-22(2)18-19(21-9-8-20-18)26-16-7-10-23(13-16)17(24)12-14-5-4-6-15(11-14)25-3/h4-6,8-9,11,16H,7,10,12-13H2,1-3H3. The van der Waals surface area contributed by atoms with Crippen molar-refractivity contribution in [2.75, 3.05) is 39.2 Å². The first-order chi connectivity index (χ1) is 12.6. The number of hydrogen-bond donors (Lipinski definition) is 0. The molecule has 1 saturated heterocycles. The van der Waals surface area contributed by atoms with Crippen LogP contribution in [0.1, 0.15) is 12.0 Å². The molecule has 2 aromatic rings. The van der Waals surface area contributed by atoms with E-state index in [2.05, 4.69) is 9.97 Å². The summed E-state index contributed by atoms with van der Waals surface area (Å²) in [5.41, 5.74) is 0.947. The molecule has 138 valence electrons. The Balaban J connectivity index is 1.59. The zero-order valence-corrected chi connectivity index (χ0v) is 15.4. The van der Waals surface area contributed by atoms with Gasteiger partial charge in [-0.05, 0) is 17.7 Å². The van der Waals surface area contributed by atoms with Crippen molar-refractivity contribution in [1.82, 2.24) is 14.9 Å². The Morgan fingerprint density at radius 2 is 2.12 bits per heavy atom. The van der Waals surface area contributed by atoms with Gasteiger partial charge in [0.1, 0.15) is 11.9 Å². The molecule has 1 aliphatic rings. The quantitative estimate of drug-likeness (QED) is 0.786. The molecule has 1 aliphatic heterocycles. The number of aromatic nitrogens is 2. The second kappa shape index (κ2) is 8.03. The SMILES string of the molecule is COc1cccc(CC(=O)N2CCC(Oc3nccnc3N(C)C)C2)c1. The Morgan fingerprint density at radius 1 is 1.31 bits per heavy atom. The van der Waals surface area contributed by atoms with Crippen LogP contribution in [-0.2, 0) is 11.2 Å². The molecule has 0 radical (unpaired) electrons. The molecular weight excluding hydrogens is 332 g/mol. The third-order valence-corrected chi connectivity index (χ3v) is 4.34. The lowest BCUT2D eigenvalue weighted by atomic mass is 10.1. The first kappa shape index (κ1) is 18.0. The zero-order valence-electron chi connectivity index (χ0n) is 15.4. The molecule has 1 fully saturated rings. The fourth-order valence-electron chi connectivity index (χ4n) is 2.99. The lowest BCUT2D eigenvalue weighted by molar-refractivity contribution is -0.129. The van der Waals surface area contributed by atoms with Crippen LogP contribution in [0.15, 0.2) is 36.7 Å². The van der Waals surface area contributed by atoms with Gasteiger partial charge in [0, 0.05) is 39.5 Å². The van der Waals surface area contributed by atoms with Crippen molar-refractivity contribution in [2.45, 2.75) is 18.9 Å². The number of anilines is 1. The summed E-state index contributed by atoms with van der Waals surface area (Å²) in [6.45, 7) is 1.25. The molecule has 0 spiro atoms. The number of hydrogen-bond acceptors (Lipinski definition) is 6. The van der Waals surface area contributed by atoms with Crippen molar-refractivity contribution in [3.63, 3.8) is 0 Å². The summed E-state index contributed by atoms with van der Waals surface area (Å²) in [7, 11) is 5.42. The Labute approximate surface area is 153 Å². The van der Waals surface area contributed by atoms with Gasteiger partial charge in [-0.15, -0.1) is 0 Å². The highest BCUT2D eigenvalue weighted by Crippen LogP contribution is 2.24. The number of rotatable bonds is 6. The normalized spacial score (nSPS) is 16.4. The maximum Gasteiger partial charge on any atom is 0.257 e. The van der Waals surface area contributed by atoms with Crippen LogP contribution in [-0.4, -0.2) is 61.2 Å². The highest BCUT2D eigenvalue weighted by molar-refractivity contribution is 5.79. The van der Waals surface area contributed by atoms with Gasteiger partial charge in [0.15, 0.2) is 5.82 Å². The Kier molecular flexibility index (Phi) is 5.55. The second-order valence-electron chi connectivity index (χ2n) is 6.48. The van der Waals surface area contributed by atoms with Gasteiger partial charge in [0.2, 0.25) is 5.91 Å². The van der Waals surface area contributed by atoms with Gasteiger partial charge in [-0.3, -0.25) is 4.79 Å². The van der Waals surface area contributed by atoms with E-state index in [0.29, 0.717) is 31.2 Å². The molecular formula is C19H24N4O3. The van der Waals surface area contributed by atoms with E-state index in [0.717, 1.165) is 17.7 Å². The minimum Gasteiger partial charge on any atom is -0.497 e. The number of methoxy groups -OCH3 is 1. The van der Waals surface area contributed by atoms with Crippen molar-refractivity contribution >= 4 is 11.7 Å². The van der Waals surface area contributed by atoms with Crippen molar-refractivity contribution in [3.8, 4) is 11.6 Å². The Hall–Kier alpha value is -2.83. The van der Waals surface area contributed by atoms with Gasteiger partial charge in [0.25, 0.3) is 5.88 Å². The second-order valence-corrected chi connectivity index (χ2v) is 6.48. The van der Waals surface area contributed by atoms with E-state index in [-0.39, 0.29) is 12.0 Å². The van der Waals surface area contributed by atoms with E-state index >= 15 is 0 Å². The molecule has 1 unspecified atom stereocenters. The molecule has 2 heterocycles. The first-order valence-electron chi connectivity index (χ1n) is 8.62. The van der Waals surface area contributed by atoms with Crippen LogP contribution in [0.5, 0.6) is 11.6 Å². The number of carbonyl (C=O) groups excluding carboxylic acids is 1. The molecule has 7 heteroatoms. The van der Waals surface area contributed by atoms with Gasteiger partial charge in [0.05, 0.1) is 20.1 Å². The minimum absolute atomic E-state index is 0.0698. The van der Waals surface area contributed by atoms with Crippen LogP contribution in [0.25, 0.3) is 0 Å². The van der Waals surface area contributed by atoms with Gasteiger partial charge < -0.3 is 19.3 Å². The van der Waals surface area contributed by atoms with Crippen LogP contribution in [0, 0.1) is 0 Å². The lowest BCUT2D eigenvalue weighted by Gasteiger charge is -2.19. The predicted octanol–water partition coefficient (Wildman–Crippen LogP) is 1.77. The molecule has 1 aromatic heterocycles. The smallest absolute Gasteiger partial charge is 0.257 e. The summed E-state index contributed by atoms with van der Waals surface area (Å²) in [5, 5.41) is 0. The maximum absolute atomic E-state index is 12.6. The minimum atomic E-state index is -0.0698. The molecule has 1 amide bonds. The van der Waals surface area contributed by atoms with Crippen molar-refractivity contribution < 1.29 is 14.3 Å². The number of benzene rings is 1. The Morgan fingerprint density at radius 3 is 2.88 bits per heavy atom. The highest BCUT2D eigenvalue weighted by atomic mass is 16.5. The third kappa shape index (κ3) is 4.22. The predicted molar refractivity (Wildman–Crippen MR) is 98.7 cm³/mol. The van der Waals surface area contributed by atoms with E-state index in [1.807, 2.05) is 48.2 Å². The van der Waals surface area contributed by atoms with Crippen molar-refractivity contribution in [1.29, 1.82) is 0 Å². The molecule has 0 aliphatic carbocycles. The Bertz CT molecular complexity index is 766. The topological polar surface area (TPSA) is 67.8 Å². The first-order valence-corrected chi connectivity index (χ1v) is 8.62. The van der Waals surface area contributed by atoms with E-state index in [4.69, 9.17) is 9.47 Å². The summed E-state index contributed by atoms with van der Waals surface area (Å²) in [5.74, 6) is 2.05. The van der Waals surface area contributed by atoms with Crippen molar-refractivity contribution in [2.24, 2.45) is 0 Å².